The number of ketones is 3. The maximum Gasteiger partial charge on any atom is 0.193 e. The van der Waals surface area contributed by atoms with Crippen molar-refractivity contribution in [3.8, 4) is 5.75 Å². The Morgan fingerprint density at radius 1 is 0.902 bits per heavy atom. The van der Waals surface area contributed by atoms with E-state index >= 15 is 0 Å². The molecule has 0 saturated carbocycles. The van der Waals surface area contributed by atoms with Crippen molar-refractivity contribution in [1.29, 1.82) is 0 Å². The van der Waals surface area contributed by atoms with Crippen LogP contribution in [0.15, 0.2) is 59.0 Å². The number of thioether (sulfide) groups is 2. The molecule has 41 heavy (non-hydrogen) atoms. The molecule has 3 atom stereocenters. The first-order valence-corrected chi connectivity index (χ1v) is 16.1. The number of carbonyl (C=O) groups excluding carboxylic acids is 4. The quantitative estimate of drug-likeness (QED) is 0.170. The molecule has 3 unspecified atom stereocenters. The summed E-state index contributed by atoms with van der Waals surface area (Å²) in [6, 6.07) is 12.3. The summed E-state index contributed by atoms with van der Waals surface area (Å²) >= 11 is 2.63. The van der Waals surface area contributed by atoms with Gasteiger partial charge in [0.15, 0.2) is 10.9 Å². The lowest BCUT2D eigenvalue weighted by molar-refractivity contribution is -0.125. The fourth-order valence-corrected chi connectivity index (χ4v) is 6.95. The third-order valence-electron chi connectivity index (χ3n) is 7.59. The average Bonchev–Trinajstić information content (AvgIpc) is 2.94. The smallest absolute Gasteiger partial charge is 0.193 e. The molecule has 0 aromatic heterocycles. The van der Waals surface area contributed by atoms with Gasteiger partial charge in [0, 0.05) is 47.7 Å². The van der Waals surface area contributed by atoms with Crippen LogP contribution in [0, 0.1) is 11.8 Å². The van der Waals surface area contributed by atoms with Crippen LogP contribution in [0.3, 0.4) is 0 Å². The Hall–Kier alpha value is -2.64. The Balaban J connectivity index is 2.15. The molecule has 0 aliphatic rings. The maximum absolute atomic E-state index is 13.5. The van der Waals surface area contributed by atoms with Gasteiger partial charge in [-0.15, -0.1) is 11.8 Å². The summed E-state index contributed by atoms with van der Waals surface area (Å²) in [5, 5.41) is 2.11. The van der Waals surface area contributed by atoms with E-state index in [1.54, 1.807) is 14.0 Å². The number of ether oxygens (including phenoxy) is 1. The van der Waals surface area contributed by atoms with Crippen LogP contribution in [0.1, 0.15) is 78.7 Å². The van der Waals surface area contributed by atoms with Gasteiger partial charge in [0.1, 0.15) is 17.3 Å². The van der Waals surface area contributed by atoms with Crippen LogP contribution in [0.25, 0.3) is 10.8 Å². The number of fused-ring (bicyclic) bond motifs is 1. The van der Waals surface area contributed by atoms with Crippen LogP contribution in [0.4, 0.5) is 0 Å². The molecular weight excluding hydrogens is 553 g/mol. The fourth-order valence-electron chi connectivity index (χ4n) is 4.43. The molecule has 0 aliphatic heterocycles. The number of hydrogen-bond donors (Lipinski definition) is 0. The highest BCUT2D eigenvalue weighted by molar-refractivity contribution is 8.14. The van der Waals surface area contributed by atoms with E-state index in [-0.39, 0.29) is 34.1 Å². The van der Waals surface area contributed by atoms with Crippen LogP contribution in [0.5, 0.6) is 5.75 Å². The van der Waals surface area contributed by atoms with Crippen LogP contribution >= 0.6 is 23.5 Å². The number of benzene rings is 2. The SMILES string of the molecule is C=C(SCC(C(=O)SCC(C(=O)CCC)=C(C)CCC(C)=O)C(C)C(C)=O)C(C)c1ccc2cc(OC)ccc2c1. The monoisotopic (exact) mass is 596 g/mol. The van der Waals surface area contributed by atoms with Crippen LogP contribution in [-0.4, -0.2) is 41.1 Å². The minimum atomic E-state index is -0.504. The van der Waals surface area contributed by atoms with Crippen molar-refractivity contribution >= 4 is 56.8 Å². The van der Waals surface area contributed by atoms with Gasteiger partial charge >= 0.3 is 0 Å². The molecule has 0 heterocycles. The first-order chi connectivity index (χ1) is 19.4. The second kappa shape index (κ2) is 16.7. The normalized spacial score (nSPS) is 14.1. The van der Waals surface area contributed by atoms with E-state index in [0.29, 0.717) is 37.0 Å². The lowest BCUT2D eigenvalue weighted by Gasteiger charge is -2.23. The highest BCUT2D eigenvalue weighted by Gasteiger charge is 2.30. The minimum absolute atomic E-state index is 0.0235. The van der Waals surface area contributed by atoms with Crippen LogP contribution in [-0.2, 0) is 19.2 Å². The van der Waals surface area contributed by atoms with Crippen molar-refractivity contribution in [3.05, 3.63) is 64.6 Å². The van der Waals surface area contributed by atoms with Crippen molar-refractivity contribution in [3.63, 3.8) is 0 Å². The molecule has 0 saturated heterocycles. The molecule has 2 aromatic rings. The Morgan fingerprint density at radius 2 is 1.56 bits per heavy atom. The summed E-state index contributed by atoms with van der Waals surface area (Å²) in [7, 11) is 1.65. The van der Waals surface area contributed by atoms with E-state index in [1.807, 2.05) is 32.0 Å². The number of hydrogen-bond acceptors (Lipinski definition) is 7. The van der Waals surface area contributed by atoms with Gasteiger partial charge in [-0.05, 0) is 67.0 Å². The topological polar surface area (TPSA) is 77.5 Å². The zero-order valence-corrected chi connectivity index (χ0v) is 27.1. The summed E-state index contributed by atoms with van der Waals surface area (Å²) < 4.78 is 5.33. The second-order valence-electron chi connectivity index (χ2n) is 10.7. The van der Waals surface area contributed by atoms with Crippen molar-refractivity contribution < 1.29 is 23.9 Å². The largest absolute Gasteiger partial charge is 0.497 e. The second-order valence-corrected chi connectivity index (χ2v) is 12.8. The molecule has 0 N–H and O–H groups in total. The Morgan fingerprint density at radius 3 is 2.17 bits per heavy atom. The third-order valence-corrected chi connectivity index (χ3v) is 9.86. The first-order valence-electron chi connectivity index (χ1n) is 14.2. The van der Waals surface area contributed by atoms with Gasteiger partial charge in [-0.25, -0.2) is 0 Å². The van der Waals surface area contributed by atoms with Crippen molar-refractivity contribution in [2.24, 2.45) is 11.8 Å². The number of Topliss-reactive ketones (excluding diaryl/α,β-unsaturated/α-hetero) is 3. The maximum atomic E-state index is 13.5. The van der Waals surface area contributed by atoms with Crippen molar-refractivity contribution in [1.82, 2.24) is 0 Å². The average molecular weight is 597 g/mol. The molecule has 0 spiro atoms. The summed E-state index contributed by atoms with van der Waals surface area (Å²) in [6.07, 6.45) is 2.01. The van der Waals surface area contributed by atoms with Gasteiger partial charge in [0.25, 0.3) is 0 Å². The summed E-state index contributed by atoms with van der Waals surface area (Å²) in [4.78, 5) is 51.1. The van der Waals surface area contributed by atoms with Crippen LogP contribution < -0.4 is 4.74 Å². The highest BCUT2D eigenvalue weighted by atomic mass is 32.2. The molecule has 5 nitrogen and oxygen atoms in total. The molecule has 0 radical (unpaired) electrons. The standard InChI is InChI=1S/C34H44O5S2/c1-9-10-33(37)31(21(2)11-12-22(3)35)19-41-34(38)32(23(4)25(6)36)20-40-26(7)24(5)27-13-14-29-18-30(39-8)16-15-28(29)17-27/h13-18,23-24,32H,7,9-12,19-20H2,1-6,8H3. The van der Waals surface area contributed by atoms with Gasteiger partial charge in [-0.2, -0.15) is 0 Å². The van der Waals surface area contributed by atoms with E-state index in [1.165, 1.54) is 25.6 Å². The highest BCUT2D eigenvalue weighted by Crippen LogP contribution is 2.36. The third kappa shape index (κ3) is 10.3. The lowest BCUT2D eigenvalue weighted by atomic mass is 9.94. The summed E-state index contributed by atoms with van der Waals surface area (Å²) in [5.74, 6) is 0.662. The van der Waals surface area contributed by atoms with E-state index < -0.39 is 11.8 Å². The Bertz CT molecular complexity index is 1310. The Labute approximate surface area is 253 Å². The Kier molecular flexibility index (Phi) is 14.1. The molecule has 0 amide bonds. The molecule has 2 rings (SSSR count). The number of rotatable bonds is 17. The summed E-state index contributed by atoms with van der Waals surface area (Å²) in [6.45, 7) is 15.1. The van der Waals surface area contributed by atoms with E-state index in [9.17, 15) is 19.2 Å². The fraction of sp³-hybridized carbons (Fsp3) is 0.471. The summed E-state index contributed by atoms with van der Waals surface area (Å²) in [5.41, 5.74) is 2.61. The zero-order valence-electron chi connectivity index (χ0n) is 25.5. The molecule has 0 bridgehead atoms. The number of methoxy groups -OCH3 is 1. The predicted molar refractivity (Wildman–Crippen MR) is 174 cm³/mol. The van der Waals surface area contributed by atoms with E-state index in [0.717, 1.165) is 44.3 Å². The lowest BCUT2D eigenvalue weighted by Crippen LogP contribution is -2.27. The molecule has 0 fully saturated rings. The van der Waals surface area contributed by atoms with Crippen molar-refractivity contribution in [2.45, 2.75) is 73.1 Å². The number of allylic oxidation sites excluding steroid dienone is 2. The zero-order chi connectivity index (χ0) is 30.7. The van der Waals surface area contributed by atoms with Gasteiger partial charge in [0.05, 0.1) is 7.11 Å². The molecular formula is C34H44O5S2. The minimum Gasteiger partial charge on any atom is -0.497 e. The predicted octanol–water partition coefficient (Wildman–Crippen LogP) is 8.35. The van der Waals surface area contributed by atoms with Crippen molar-refractivity contribution in [2.75, 3.05) is 18.6 Å². The first kappa shape index (κ1) is 34.6. The van der Waals surface area contributed by atoms with E-state index in [4.69, 9.17) is 4.74 Å². The molecule has 222 valence electrons. The number of carbonyl (C=O) groups is 4. The van der Waals surface area contributed by atoms with Gasteiger partial charge in [-0.3, -0.25) is 14.4 Å². The molecule has 7 heteroatoms. The van der Waals surface area contributed by atoms with Gasteiger partial charge < -0.3 is 9.53 Å². The van der Waals surface area contributed by atoms with Gasteiger partial charge in [-0.1, -0.05) is 69.0 Å². The van der Waals surface area contributed by atoms with Gasteiger partial charge in [0.2, 0.25) is 0 Å². The molecule has 0 aliphatic carbocycles. The van der Waals surface area contributed by atoms with Crippen LogP contribution in [0.2, 0.25) is 0 Å². The van der Waals surface area contributed by atoms with E-state index in [2.05, 4.69) is 31.7 Å². The molecule has 2 aromatic carbocycles.